The lowest BCUT2D eigenvalue weighted by Gasteiger charge is -2.36. The molecule has 2 heterocycles. The van der Waals surface area contributed by atoms with E-state index >= 15 is 0 Å². The summed E-state index contributed by atoms with van der Waals surface area (Å²) in [6, 6.07) is 9.40. The van der Waals surface area contributed by atoms with E-state index in [1.165, 1.54) is 24.4 Å². The number of guanidine groups is 1. The fraction of sp³-hybridized carbons (Fsp3) is 0.333. The van der Waals surface area contributed by atoms with Crippen LogP contribution in [-0.2, 0) is 6.54 Å². The number of benzene rings is 1. The van der Waals surface area contributed by atoms with E-state index in [9.17, 15) is 13.2 Å². The maximum Gasteiger partial charge on any atom is 0.387 e. The number of hydrogen-bond acceptors (Lipinski definition) is 4. The molecule has 27 heavy (non-hydrogen) atoms. The number of piperazine rings is 1. The summed E-state index contributed by atoms with van der Waals surface area (Å²) in [5.74, 6) is 0.155. The van der Waals surface area contributed by atoms with Gasteiger partial charge in [0.15, 0.2) is 5.96 Å². The first-order valence-electron chi connectivity index (χ1n) is 8.46. The quantitative estimate of drug-likeness (QED) is 0.639. The highest BCUT2D eigenvalue weighted by Crippen LogP contribution is 2.17. The summed E-state index contributed by atoms with van der Waals surface area (Å²) in [5.41, 5.74) is 7.63. The van der Waals surface area contributed by atoms with Crippen molar-refractivity contribution in [1.29, 1.82) is 0 Å². The maximum absolute atomic E-state index is 13.0. The van der Waals surface area contributed by atoms with E-state index in [0.29, 0.717) is 24.7 Å². The number of nitrogens with zero attached hydrogens (tertiary/aromatic N) is 4. The topological polar surface area (TPSA) is 67.0 Å². The van der Waals surface area contributed by atoms with E-state index in [1.54, 1.807) is 18.2 Å². The molecular formula is C18H20F3N5O. The summed E-state index contributed by atoms with van der Waals surface area (Å²) in [4.78, 5) is 12.5. The summed E-state index contributed by atoms with van der Waals surface area (Å²) in [5, 5.41) is 0. The number of aliphatic imine (C=N–C) groups is 1. The first-order chi connectivity index (χ1) is 13.0. The van der Waals surface area contributed by atoms with Crippen LogP contribution in [0.4, 0.5) is 18.9 Å². The molecule has 0 radical (unpaired) electrons. The number of ether oxygens (including phenoxy) is 1. The van der Waals surface area contributed by atoms with Crippen LogP contribution in [0.2, 0.25) is 0 Å². The Hall–Kier alpha value is -2.97. The summed E-state index contributed by atoms with van der Waals surface area (Å²) < 4.78 is 41.5. The lowest BCUT2D eigenvalue weighted by Crippen LogP contribution is -2.51. The number of rotatable bonds is 5. The van der Waals surface area contributed by atoms with Gasteiger partial charge in [0.2, 0.25) is 0 Å². The van der Waals surface area contributed by atoms with Gasteiger partial charge in [-0.15, -0.1) is 0 Å². The highest BCUT2D eigenvalue weighted by molar-refractivity contribution is 5.78. The summed E-state index contributed by atoms with van der Waals surface area (Å²) >= 11 is 0. The molecule has 1 aliphatic rings. The fourth-order valence-corrected chi connectivity index (χ4v) is 2.78. The molecule has 1 aromatic carbocycles. The van der Waals surface area contributed by atoms with Gasteiger partial charge in [-0.3, -0.25) is 4.98 Å². The molecule has 9 heteroatoms. The van der Waals surface area contributed by atoms with E-state index < -0.39 is 6.61 Å². The number of pyridine rings is 1. The minimum Gasteiger partial charge on any atom is -0.433 e. The number of halogens is 3. The van der Waals surface area contributed by atoms with Crippen LogP contribution < -0.4 is 15.4 Å². The molecule has 0 amide bonds. The minimum absolute atomic E-state index is 0.00242. The van der Waals surface area contributed by atoms with Gasteiger partial charge in [-0.1, -0.05) is 0 Å². The molecule has 3 rings (SSSR count). The zero-order valence-electron chi connectivity index (χ0n) is 14.6. The van der Waals surface area contributed by atoms with Crippen molar-refractivity contribution in [2.75, 3.05) is 31.1 Å². The lowest BCUT2D eigenvalue weighted by molar-refractivity contribution is -0.0500. The fourth-order valence-electron chi connectivity index (χ4n) is 2.78. The second-order valence-electron chi connectivity index (χ2n) is 5.99. The molecule has 2 N–H and O–H groups in total. The Bertz CT molecular complexity index is 760. The van der Waals surface area contributed by atoms with Crippen LogP contribution in [0.25, 0.3) is 0 Å². The van der Waals surface area contributed by atoms with Gasteiger partial charge < -0.3 is 20.3 Å². The van der Waals surface area contributed by atoms with E-state index in [-0.39, 0.29) is 18.1 Å². The first-order valence-corrected chi connectivity index (χ1v) is 8.46. The molecule has 1 saturated heterocycles. The predicted octanol–water partition coefficient (Wildman–Crippen LogP) is 2.46. The molecule has 0 unspecified atom stereocenters. The average Bonchev–Trinajstić information content (AvgIpc) is 2.67. The van der Waals surface area contributed by atoms with Crippen molar-refractivity contribution >= 4 is 11.6 Å². The van der Waals surface area contributed by atoms with Gasteiger partial charge in [-0.25, -0.2) is 9.38 Å². The number of alkyl halides is 2. The van der Waals surface area contributed by atoms with Crippen LogP contribution in [0, 0.1) is 5.82 Å². The SMILES string of the molecule is NC(=NCc1ccc(OC(F)F)cn1)N1CCN(c2ccc(F)cc2)CC1. The van der Waals surface area contributed by atoms with Crippen molar-refractivity contribution in [2.24, 2.45) is 10.7 Å². The average molecular weight is 379 g/mol. The van der Waals surface area contributed by atoms with Crippen molar-refractivity contribution in [3.63, 3.8) is 0 Å². The van der Waals surface area contributed by atoms with Crippen LogP contribution in [0.15, 0.2) is 47.6 Å². The van der Waals surface area contributed by atoms with Crippen molar-refractivity contribution in [2.45, 2.75) is 13.2 Å². The van der Waals surface area contributed by atoms with Crippen molar-refractivity contribution < 1.29 is 17.9 Å². The monoisotopic (exact) mass is 379 g/mol. The Kier molecular flexibility index (Phi) is 6.00. The Balaban J connectivity index is 1.51. The van der Waals surface area contributed by atoms with Gasteiger partial charge in [0.05, 0.1) is 18.4 Å². The highest BCUT2D eigenvalue weighted by atomic mass is 19.3. The number of hydrogen-bond donors (Lipinski definition) is 1. The lowest BCUT2D eigenvalue weighted by atomic mass is 10.2. The van der Waals surface area contributed by atoms with Gasteiger partial charge in [0.25, 0.3) is 0 Å². The van der Waals surface area contributed by atoms with Crippen molar-refractivity contribution in [3.05, 3.63) is 54.1 Å². The van der Waals surface area contributed by atoms with E-state index in [0.717, 1.165) is 18.8 Å². The standard InChI is InChI=1S/C18H20F3N5O/c19-13-1-4-15(5-2-13)25-7-9-26(10-8-25)18(22)24-11-14-3-6-16(12-23-14)27-17(20)21/h1-6,12,17H,7-11H2,(H2,22,24). The van der Waals surface area contributed by atoms with Gasteiger partial charge in [0.1, 0.15) is 11.6 Å². The molecule has 6 nitrogen and oxygen atoms in total. The van der Waals surface area contributed by atoms with Gasteiger partial charge in [-0.05, 0) is 36.4 Å². The number of aromatic nitrogens is 1. The van der Waals surface area contributed by atoms with E-state index in [4.69, 9.17) is 5.73 Å². The first kappa shape index (κ1) is 18.8. The molecule has 0 bridgehead atoms. The van der Waals surface area contributed by atoms with Gasteiger partial charge >= 0.3 is 6.61 Å². The highest BCUT2D eigenvalue weighted by Gasteiger charge is 2.18. The second-order valence-corrected chi connectivity index (χ2v) is 5.99. The van der Waals surface area contributed by atoms with Gasteiger partial charge in [0, 0.05) is 31.9 Å². The maximum atomic E-state index is 13.0. The van der Waals surface area contributed by atoms with Crippen LogP contribution >= 0.6 is 0 Å². The summed E-state index contributed by atoms with van der Waals surface area (Å²) in [6.45, 7) is 0.265. The van der Waals surface area contributed by atoms with E-state index in [2.05, 4.69) is 19.6 Å². The minimum atomic E-state index is -2.88. The molecule has 0 spiro atoms. The molecule has 2 aromatic rings. The third kappa shape index (κ3) is 5.25. The van der Waals surface area contributed by atoms with Crippen LogP contribution in [-0.4, -0.2) is 48.6 Å². The Morgan fingerprint density at radius 1 is 1.11 bits per heavy atom. The molecule has 1 aliphatic heterocycles. The smallest absolute Gasteiger partial charge is 0.387 e. The molecule has 144 valence electrons. The third-order valence-electron chi connectivity index (χ3n) is 4.22. The molecule has 0 atom stereocenters. The molecule has 1 fully saturated rings. The van der Waals surface area contributed by atoms with E-state index in [1.807, 2.05) is 4.90 Å². The molecular weight excluding hydrogens is 359 g/mol. The number of nitrogens with two attached hydrogens (primary N) is 1. The summed E-state index contributed by atoms with van der Waals surface area (Å²) in [7, 11) is 0. The Morgan fingerprint density at radius 2 is 1.81 bits per heavy atom. The normalized spacial score (nSPS) is 15.3. The zero-order valence-corrected chi connectivity index (χ0v) is 14.6. The van der Waals surface area contributed by atoms with Crippen LogP contribution in [0.5, 0.6) is 5.75 Å². The second kappa shape index (κ2) is 8.61. The van der Waals surface area contributed by atoms with Crippen molar-refractivity contribution in [3.8, 4) is 5.75 Å². The molecule has 0 aliphatic carbocycles. The van der Waals surface area contributed by atoms with Crippen molar-refractivity contribution in [1.82, 2.24) is 9.88 Å². The predicted molar refractivity (Wildman–Crippen MR) is 96.4 cm³/mol. The Labute approximate surface area is 155 Å². The zero-order chi connectivity index (χ0) is 19.2. The number of anilines is 1. The molecule has 0 saturated carbocycles. The third-order valence-corrected chi connectivity index (χ3v) is 4.22. The van der Waals surface area contributed by atoms with Crippen LogP contribution in [0.3, 0.4) is 0 Å². The molecule has 1 aromatic heterocycles. The largest absolute Gasteiger partial charge is 0.433 e. The Morgan fingerprint density at radius 3 is 2.41 bits per heavy atom. The summed E-state index contributed by atoms with van der Waals surface area (Å²) in [6.07, 6.45) is 1.23. The van der Waals surface area contributed by atoms with Gasteiger partial charge in [-0.2, -0.15) is 8.78 Å². The van der Waals surface area contributed by atoms with Crippen LogP contribution in [0.1, 0.15) is 5.69 Å².